The number of fused-ring (bicyclic) bond motifs is 1. The molecule has 3 heterocycles. The Balaban J connectivity index is 1.38. The van der Waals surface area contributed by atoms with Crippen molar-refractivity contribution in [2.75, 3.05) is 0 Å². The highest BCUT2D eigenvalue weighted by Gasteiger charge is 2.18. The number of benzene rings is 3. The van der Waals surface area contributed by atoms with Crippen LogP contribution in [0.5, 0.6) is 0 Å². The molecule has 0 spiro atoms. The third-order valence-corrected chi connectivity index (χ3v) is 7.18. The van der Waals surface area contributed by atoms with Crippen LogP contribution in [0.2, 0.25) is 0 Å². The van der Waals surface area contributed by atoms with Gasteiger partial charge in [-0.3, -0.25) is 18.6 Å². The summed E-state index contributed by atoms with van der Waals surface area (Å²) in [6.07, 6.45) is 4.69. The lowest BCUT2D eigenvalue weighted by molar-refractivity contribution is 0.568. The summed E-state index contributed by atoms with van der Waals surface area (Å²) in [6.45, 7) is 0.980. The van der Waals surface area contributed by atoms with Crippen molar-refractivity contribution in [1.29, 1.82) is 0 Å². The molecule has 200 valence electrons. The van der Waals surface area contributed by atoms with E-state index in [1.165, 1.54) is 10.6 Å². The third-order valence-electron chi connectivity index (χ3n) is 7.18. The summed E-state index contributed by atoms with van der Waals surface area (Å²) in [4.78, 5) is 30.5. The van der Waals surface area contributed by atoms with Gasteiger partial charge in [-0.25, -0.2) is 9.18 Å². The van der Waals surface area contributed by atoms with E-state index in [0.717, 1.165) is 16.7 Å². The first-order valence-corrected chi connectivity index (χ1v) is 13.3. The van der Waals surface area contributed by atoms with Crippen molar-refractivity contribution >= 4 is 11.0 Å². The fraction of sp³-hybridized carbons (Fsp3) is 0.156. The van der Waals surface area contributed by atoms with Crippen molar-refractivity contribution < 1.29 is 4.39 Å². The van der Waals surface area contributed by atoms with Gasteiger partial charge < -0.3 is 4.98 Å². The van der Waals surface area contributed by atoms with E-state index < -0.39 is 0 Å². The van der Waals surface area contributed by atoms with Gasteiger partial charge in [0.1, 0.15) is 11.3 Å². The molecule has 0 aliphatic rings. The second kappa shape index (κ2) is 11.0. The van der Waals surface area contributed by atoms with Crippen molar-refractivity contribution in [1.82, 2.24) is 23.9 Å². The van der Waals surface area contributed by atoms with Gasteiger partial charge in [-0.2, -0.15) is 5.10 Å². The van der Waals surface area contributed by atoms with Crippen LogP contribution in [-0.4, -0.2) is 23.9 Å². The molecule has 3 aromatic carbocycles. The maximum Gasteiger partial charge on any atom is 0.331 e. The molecule has 1 N–H and O–H groups in total. The van der Waals surface area contributed by atoms with Gasteiger partial charge in [0, 0.05) is 30.4 Å². The van der Waals surface area contributed by atoms with Crippen LogP contribution in [0, 0.1) is 5.82 Å². The highest BCUT2D eigenvalue weighted by molar-refractivity contribution is 5.82. The number of nitrogens with one attached hydrogen (secondary N) is 1. The first-order chi connectivity index (χ1) is 19.6. The summed E-state index contributed by atoms with van der Waals surface area (Å²) in [5.74, 6) is -0.288. The summed E-state index contributed by atoms with van der Waals surface area (Å²) in [5, 5.41) is 4.40. The molecule has 0 fully saturated rings. The minimum atomic E-state index is -0.350. The number of aryl methyl sites for hydroxylation is 3. The van der Waals surface area contributed by atoms with E-state index in [4.69, 9.17) is 0 Å². The van der Waals surface area contributed by atoms with Gasteiger partial charge in [-0.1, -0.05) is 78.9 Å². The Labute approximate surface area is 229 Å². The molecule has 0 bridgehead atoms. The molecule has 6 aromatic rings. The van der Waals surface area contributed by atoms with Crippen molar-refractivity contribution in [3.8, 4) is 11.3 Å². The van der Waals surface area contributed by atoms with E-state index in [1.807, 2.05) is 66.7 Å². The number of hydrogen-bond acceptors (Lipinski definition) is 3. The maximum atomic E-state index is 14.2. The van der Waals surface area contributed by atoms with Crippen molar-refractivity contribution in [3.63, 3.8) is 0 Å². The summed E-state index contributed by atoms with van der Waals surface area (Å²) < 4.78 is 18.8. The molecule has 40 heavy (non-hydrogen) atoms. The second-order valence-corrected chi connectivity index (χ2v) is 9.82. The highest BCUT2D eigenvalue weighted by atomic mass is 19.1. The lowest BCUT2D eigenvalue weighted by atomic mass is 10.1. The zero-order chi connectivity index (χ0) is 27.5. The summed E-state index contributed by atoms with van der Waals surface area (Å²) in [6, 6.07) is 28.2. The normalized spacial score (nSPS) is 11.3. The number of halogens is 1. The van der Waals surface area contributed by atoms with E-state index >= 15 is 0 Å². The Hall–Kier alpha value is -4.98. The first kappa shape index (κ1) is 25.3. The van der Waals surface area contributed by atoms with Gasteiger partial charge in [0.25, 0.3) is 5.56 Å². The predicted molar refractivity (Wildman–Crippen MR) is 154 cm³/mol. The van der Waals surface area contributed by atoms with Crippen LogP contribution in [0.1, 0.15) is 16.7 Å². The summed E-state index contributed by atoms with van der Waals surface area (Å²) >= 11 is 0. The minimum absolute atomic E-state index is 0.276. The molecule has 7 nitrogen and oxygen atoms in total. The predicted octanol–water partition coefficient (Wildman–Crippen LogP) is 5.03. The van der Waals surface area contributed by atoms with Crippen molar-refractivity contribution in [3.05, 3.63) is 147 Å². The zero-order valence-electron chi connectivity index (χ0n) is 21.8. The summed E-state index contributed by atoms with van der Waals surface area (Å²) in [7, 11) is 0. The van der Waals surface area contributed by atoms with Gasteiger partial charge in [0.2, 0.25) is 0 Å². The van der Waals surface area contributed by atoms with Gasteiger partial charge in [-0.05, 0) is 36.1 Å². The van der Waals surface area contributed by atoms with Gasteiger partial charge in [0.05, 0.1) is 24.0 Å². The quantitative estimate of drug-likeness (QED) is 0.283. The topological polar surface area (TPSA) is 77.6 Å². The first-order valence-electron chi connectivity index (χ1n) is 13.3. The molecule has 0 amide bonds. The number of rotatable bonds is 9. The van der Waals surface area contributed by atoms with Crippen LogP contribution in [0.4, 0.5) is 4.39 Å². The molecule has 0 atom stereocenters. The lowest BCUT2D eigenvalue weighted by Gasteiger charge is -2.12. The number of H-pyrrole nitrogens is 1. The molecular weight excluding hydrogens is 505 g/mol. The molecule has 0 saturated heterocycles. The van der Waals surface area contributed by atoms with E-state index in [2.05, 4.69) is 10.1 Å². The fourth-order valence-corrected chi connectivity index (χ4v) is 5.02. The lowest BCUT2D eigenvalue weighted by Crippen LogP contribution is -2.40. The number of nitrogens with zero attached hydrogens (tertiary/aromatic N) is 4. The molecule has 8 heteroatoms. The van der Waals surface area contributed by atoms with Crippen LogP contribution < -0.4 is 11.2 Å². The molecule has 0 radical (unpaired) electrons. The fourth-order valence-electron chi connectivity index (χ4n) is 5.02. The van der Waals surface area contributed by atoms with Crippen molar-refractivity contribution in [2.45, 2.75) is 32.5 Å². The average molecular weight is 534 g/mol. The SMILES string of the molecule is O=c1c2[nH]c(-c3cnn(Cc4ccccc4F)c3)cc2n(CCc2ccccc2)c(=O)n1CCc1ccccc1. The molecule has 0 saturated carbocycles. The zero-order valence-corrected chi connectivity index (χ0v) is 21.8. The molecule has 0 aliphatic carbocycles. The average Bonchev–Trinajstić information content (AvgIpc) is 3.63. The van der Waals surface area contributed by atoms with E-state index in [-0.39, 0.29) is 30.2 Å². The molecule has 0 aliphatic heterocycles. The van der Waals surface area contributed by atoms with Crippen LogP contribution in [0.3, 0.4) is 0 Å². The van der Waals surface area contributed by atoms with E-state index in [9.17, 15) is 14.0 Å². The molecular formula is C32H28FN5O2. The van der Waals surface area contributed by atoms with Gasteiger partial charge >= 0.3 is 5.69 Å². The van der Waals surface area contributed by atoms with Gasteiger partial charge in [-0.15, -0.1) is 0 Å². The smallest absolute Gasteiger partial charge is 0.331 e. The maximum absolute atomic E-state index is 14.2. The van der Waals surface area contributed by atoms with Crippen LogP contribution in [0.15, 0.2) is 113 Å². The monoisotopic (exact) mass is 533 g/mol. The Bertz CT molecular complexity index is 1880. The second-order valence-electron chi connectivity index (χ2n) is 9.82. The van der Waals surface area contributed by atoms with E-state index in [1.54, 1.807) is 39.8 Å². The van der Waals surface area contributed by atoms with E-state index in [0.29, 0.717) is 41.7 Å². The Morgan fingerprint density at radius 3 is 2.08 bits per heavy atom. The van der Waals surface area contributed by atoms with Crippen LogP contribution in [0.25, 0.3) is 22.3 Å². The van der Waals surface area contributed by atoms with Crippen LogP contribution in [-0.2, 0) is 32.5 Å². The van der Waals surface area contributed by atoms with Gasteiger partial charge in [0.15, 0.2) is 0 Å². The standard InChI is InChI=1S/C32H28FN5O2/c33-27-14-8-7-13-25(27)21-36-22-26(20-34-36)28-19-29-30(35-28)31(39)38(18-16-24-11-5-2-6-12-24)32(40)37(29)17-15-23-9-3-1-4-10-23/h1-14,19-20,22,35H,15-18,21H2. The Morgan fingerprint density at radius 1 is 0.775 bits per heavy atom. The summed E-state index contributed by atoms with van der Waals surface area (Å²) in [5.41, 5.74) is 4.35. The Morgan fingerprint density at radius 2 is 1.40 bits per heavy atom. The number of hydrogen-bond donors (Lipinski definition) is 1. The van der Waals surface area contributed by atoms with Crippen LogP contribution >= 0.6 is 0 Å². The van der Waals surface area contributed by atoms with Crippen molar-refractivity contribution in [2.24, 2.45) is 0 Å². The Kier molecular flexibility index (Phi) is 6.97. The molecule has 6 rings (SSSR count). The number of aromatic amines is 1. The largest absolute Gasteiger partial charge is 0.349 e. The number of aromatic nitrogens is 5. The third kappa shape index (κ3) is 5.16. The highest BCUT2D eigenvalue weighted by Crippen LogP contribution is 2.22. The molecule has 0 unspecified atom stereocenters. The minimum Gasteiger partial charge on any atom is -0.349 e. The molecule has 3 aromatic heterocycles.